The third kappa shape index (κ3) is 4.81. The molecule has 4 rings (SSSR count). The first-order valence-electron chi connectivity index (χ1n) is 10.6. The van der Waals surface area contributed by atoms with Crippen molar-refractivity contribution in [1.82, 2.24) is 21.1 Å². The number of hydrazine groups is 1. The van der Waals surface area contributed by atoms with Crippen LogP contribution in [0.2, 0.25) is 0 Å². The number of carbonyl (C=O) groups excluding carboxylic acids is 1. The molecule has 2 saturated heterocycles. The second-order valence-corrected chi connectivity index (χ2v) is 7.97. The maximum atomic E-state index is 13.2. The summed E-state index contributed by atoms with van der Waals surface area (Å²) in [5.74, 6) is 0.627. The van der Waals surface area contributed by atoms with E-state index in [-0.39, 0.29) is 30.0 Å². The van der Waals surface area contributed by atoms with Crippen LogP contribution in [0, 0.1) is 5.82 Å². The van der Waals surface area contributed by atoms with Crippen molar-refractivity contribution in [2.24, 2.45) is 0 Å². The van der Waals surface area contributed by atoms with E-state index in [0.29, 0.717) is 17.1 Å². The largest absolute Gasteiger partial charge is 0.493 e. The highest BCUT2D eigenvalue weighted by Gasteiger charge is 2.32. The Labute approximate surface area is 181 Å². The third-order valence-corrected chi connectivity index (χ3v) is 6.11. The number of nitrogens with zero attached hydrogens (tertiary/aromatic N) is 1. The summed E-state index contributed by atoms with van der Waals surface area (Å²) in [6, 6.07) is 12.2. The second kappa shape index (κ2) is 9.64. The van der Waals surface area contributed by atoms with Gasteiger partial charge in [0.2, 0.25) is 0 Å². The fourth-order valence-corrected chi connectivity index (χ4v) is 4.38. The van der Waals surface area contributed by atoms with Gasteiger partial charge >= 0.3 is 0 Å². The van der Waals surface area contributed by atoms with E-state index in [9.17, 15) is 9.18 Å². The maximum Gasteiger partial charge on any atom is 0.255 e. The first-order valence-corrected chi connectivity index (χ1v) is 10.6. The van der Waals surface area contributed by atoms with Crippen LogP contribution in [0.15, 0.2) is 42.5 Å². The number of halogens is 1. The molecule has 2 atom stereocenters. The maximum absolute atomic E-state index is 13.2. The van der Waals surface area contributed by atoms with Crippen LogP contribution in [0.1, 0.15) is 41.2 Å². The Morgan fingerprint density at radius 1 is 1.06 bits per heavy atom. The van der Waals surface area contributed by atoms with Gasteiger partial charge in [-0.3, -0.25) is 9.69 Å². The molecule has 2 heterocycles. The molecule has 2 aliphatic rings. The number of benzene rings is 2. The standard InChI is InChI=1S/C23H29FN4O3/c1-30-20-5-3-4-18(22(20)31-2)23(29)25-17-10-12-28(13-11-17)21-14-19(26-27-21)15-6-8-16(24)9-7-15/h3-9,17,19,21,26-27H,10-14H2,1-2H3,(H,25,29). The average molecular weight is 429 g/mol. The Bertz CT molecular complexity index is 900. The number of carbonyl (C=O) groups is 1. The van der Waals surface area contributed by atoms with Crippen molar-refractivity contribution in [3.63, 3.8) is 0 Å². The third-order valence-electron chi connectivity index (χ3n) is 6.11. The summed E-state index contributed by atoms with van der Waals surface area (Å²) in [6.07, 6.45) is 2.86. The molecule has 8 heteroatoms. The lowest BCUT2D eigenvalue weighted by atomic mass is 10.0. The molecular formula is C23H29FN4O3. The van der Waals surface area contributed by atoms with E-state index in [4.69, 9.17) is 9.47 Å². The predicted molar refractivity (Wildman–Crippen MR) is 115 cm³/mol. The Morgan fingerprint density at radius 3 is 2.48 bits per heavy atom. The van der Waals surface area contributed by atoms with Gasteiger partial charge in [-0.1, -0.05) is 18.2 Å². The lowest BCUT2D eigenvalue weighted by Crippen LogP contribution is -2.51. The normalized spacial score (nSPS) is 22.3. The number of methoxy groups -OCH3 is 2. The number of para-hydroxylation sites is 1. The van der Waals surface area contributed by atoms with Crippen molar-refractivity contribution in [3.05, 3.63) is 59.4 Å². The van der Waals surface area contributed by atoms with Gasteiger partial charge in [-0.15, -0.1) is 0 Å². The number of likely N-dealkylation sites (tertiary alicyclic amines) is 1. The quantitative estimate of drug-likeness (QED) is 0.657. The zero-order valence-electron chi connectivity index (χ0n) is 17.9. The number of ether oxygens (including phenoxy) is 2. The number of amides is 1. The van der Waals surface area contributed by atoms with Gasteiger partial charge in [-0.25, -0.2) is 15.2 Å². The Balaban J connectivity index is 1.29. The zero-order valence-corrected chi connectivity index (χ0v) is 17.9. The van der Waals surface area contributed by atoms with Crippen LogP contribution in [-0.2, 0) is 0 Å². The predicted octanol–water partition coefficient (Wildman–Crippen LogP) is 2.60. The topological polar surface area (TPSA) is 74.9 Å². The molecular weight excluding hydrogens is 399 g/mol. The first-order chi connectivity index (χ1) is 15.1. The molecule has 2 unspecified atom stereocenters. The van der Waals surface area contributed by atoms with Crippen LogP contribution in [0.4, 0.5) is 4.39 Å². The van der Waals surface area contributed by atoms with Gasteiger partial charge < -0.3 is 14.8 Å². The minimum atomic E-state index is -0.220. The summed E-state index contributed by atoms with van der Waals surface area (Å²) in [5.41, 5.74) is 8.24. The van der Waals surface area contributed by atoms with E-state index < -0.39 is 0 Å². The molecule has 31 heavy (non-hydrogen) atoms. The molecule has 166 valence electrons. The van der Waals surface area contributed by atoms with Crippen LogP contribution < -0.4 is 25.6 Å². The molecule has 0 aliphatic carbocycles. The van der Waals surface area contributed by atoms with E-state index in [2.05, 4.69) is 21.1 Å². The number of rotatable bonds is 6. The number of piperidine rings is 1. The van der Waals surface area contributed by atoms with Gasteiger partial charge in [0.15, 0.2) is 11.5 Å². The molecule has 2 fully saturated rings. The van der Waals surface area contributed by atoms with Crippen molar-refractivity contribution >= 4 is 5.91 Å². The van der Waals surface area contributed by atoms with Gasteiger partial charge in [0.1, 0.15) is 5.82 Å². The Morgan fingerprint density at radius 2 is 1.81 bits per heavy atom. The van der Waals surface area contributed by atoms with E-state index in [1.165, 1.54) is 19.2 Å². The second-order valence-electron chi connectivity index (χ2n) is 7.97. The van der Waals surface area contributed by atoms with E-state index >= 15 is 0 Å². The molecule has 0 bridgehead atoms. The lowest BCUT2D eigenvalue weighted by Gasteiger charge is -2.36. The summed E-state index contributed by atoms with van der Waals surface area (Å²) in [6.45, 7) is 1.77. The van der Waals surface area contributed by atoms with E-state index in [0.717, 1.165) is 37.9 Å². The SMILES string of the molecule is COc1cccc(C(=O)NC2CCN(C3CC(c4ccc(F)cc4)NN3)CC2)c1OC. The fourth-order valence-electron chi connectivity index (χ4n) is 4.38. The Kier molecular flexibility index (Phi) is 6.70. The molecule has 2 aliphatic heterocycles. The fraction of sp³-hybridized carbons (Fsp3) is 0.435. The smallest absolute Gasteiger partial charge is 0.255 e. The molecule has 3 N–H and O–H groups in total. The first kappa shape index (κ1) is 21.5. The summed E-state index contributed by atoms with van der Waals surface area (Å²) in [5, 5.41) is 3.14. The number of nitrogens with one attached hydrogen (secondary N) is 3. The van der Waals surface area contributed by atoms with Crippen LogP contribution in [0.3, 0.4) is 0 Å². The molecule has 0 radical (unpaired) electrons. The van der Waals surface area contributed by atoms with Crippen molar-refractivity contribution < 1.29 is 18.7 Å². The summed E-state index contributed by atoms with van der Waals surface area (Å²) < 4.78 is 23.8. The molecule has 7 nitrogen and oxygen atoms in total. The minimum Gasteiger partial charge on any atom is -0.493 e. The van der Waals surface area contributed by atoms with Crippen LogP contribution in [-0.4, -0.2) is 50.3 Å². The van der Waals surface area contributed by atoms with Gasteiger partial charge in [-0.05, 0) is 49.1 Å². The minimum absolute atomic E-state index is 0.113. The molecule has 1 amide bonds. The summed E-state index contributed by atoms with van der Waals surface area (Å²) in [4.78, 5) is 15.2. The van der Waals surface area contributed by atoms with E-state index in [1.54, 1.807) is 25.3 Å². The van der Waals surface area contributed by atoms with Crippen molar-refractivity contribution in [2.75, 3.05) is 27.3 Å². The van der Waals surface area contributed by atoms with Crippen molar-refractivity contribution in [1.29, 1.82) is 0 Å². The Hall–Kier alpha value is -2.68. The van der Waals surface area contributed by atoms with Crippen molar-refractivity contribution in [3.8, 4) is 11.5 Å². The summed E-state index contributed by atoms with van der Waals surface area (Å²) >= 11 is 0. The number of hydrogen-bond acceptors (Lipinski definition) is 6. The molecule has 0 spiro atoms. The highest BCUT2D eigenvalue weighted by atomic mass is 19.1. The van der Waals surface area contributed by atoms with Gasteiger partial charge in [0, 0.05) is 25.2 Å². The molecule has 0 aromatic heterocycles. The van der Waals surface area contributed by atoms with Gasteiger partial charge in [0.25, 0.3) is 5.91 Å². The van der Waals surface area contributed by atoms with Crippen molar-refractivity contribution in [2.45, 2.75) is 37.5 Å². The van der Waals surface area contributed by atoms with Crippen LogP contribution in [0.5, 0.6) is 11.5 Å². The van der Waals surface area contributed by atoms with Gasteiger partial charge in [0.05, 0.1) is 25.9 Å². The lowest BCUT2D eigenvalue weighted by molar-refractivity contribution is 0.0876. The molecule has 0 saturated carbocycles. The molecule has 2 aromatic rings. The average Bonchev–Trinajstić information content (AvgIpc) is 3.29. The van der Waals surface area contributed by atoms with Gasteiger partial charge in [-0.2, -0.15) is 0 Å². The number of hydrogen-bond donors (Lipinski definition) is 3. The summed E-state index contributed by atoms with van der Waals surface area (Å²) in [7, 11) is 3.09. The van der Waals surface area contributed by atoms with Crippen LogP contribution >= 0.6 is 0 Å². The molecule has 2 aromatic carbocycles. The highest BCUT2D eigenvalue weighted by molar-refractivity contribution is 5.98. The van der Waals surface area contributed by atoms with E-state index in [1.807, 2.05) is 12.1 Å². The monoisotopic (exact) mass is 428 g/mol. The highest BCUT2D eigenvalue weighted by Crippen LogP contribution is 2.31. The zero-order chi connectivity index (χ0) is 21.8. The van der Waals surface area contributed by atoms with Crippen LogP contribution in [0.25, 0.3) is 0 Å².